The second-order valence-electron chi connectivity index (χ2n) is 5.46. The minimum absolute atomic E-state index is 0.0601. The lowest BCUT2D eigenvalue weighted by atomic mass is 10.0. The first-order valence-electron chi connectivity index (χ1n) is 7.38. The van der Waals surface area contributed by atoms with Crippen molar-refractivity contribution < 1.29 is 28.6 Å². The second-order valence-corrected chi connectivity index (χ2v) is 5.87. The van der Waals surface area contributed by atoms with Crippen molar-refractivity contribution in [2.45, 2.75) is 19.9 Å². The van der Waals surface area contributed by atoms with Gasteiger partial charge in [0, 0.05) is 5.56 Å². The number of hydrogen-bond donors (Lipinski definition) is 2. The fraction of sp³-hybridized carbons (Fsp3) is 0.438. The van der Waals surface area contributed by atoms with Crippen LogP contribution in [0.2, 0.25) is 5.02 Å². The van der Waals surface area contributed by atoms with Crippen LogP contribution in [0.15, 0.2) is 12.1 Å². The Morgan fingerprint density at radius 3 is 2.36 bits per heavy atom. The molecule has 0 aliphatic carbocycles. The van der Waals surface area contributed by atoms with E-state index in [0.717, 1.165) is 0 Å². The number of nitrogens with two attached hydrogens (primary N) is 1. The van der Waals surface area contributed by atoms with Gasteiger partial charge in [-0.25, -0.2) is 4.79 Å². The van der Waals surface area contributed by atoms with Gasteiger partial charge < -0.3 is 25.3 Å². The maximum absolute atomic E-state index is 12.4. The first kappa shape index (κ1) is 20.6. The summed E-state index contributed by atoms with van der Waals surface area (Å²) in [6, 6.07) is 1.91. The van der Waals surface area contributed by atoms with Gasteiger partial charge in [0.1, 0.15) is 6.04 Å². The molecule has 0 aromatic heterocycles. The van der Waals surface area contributed by atoms with Crippen LogP contribution in [0.25, 0.3) is 0 Å². The maximum Gasteiger partial charge on any atom is 0.328 e. The standard InChI is InChI=1S/C16H21ClN2O6/c1-8(2)13(16(22)24-4)19-15(21)9-5-10(17)14(11(6-9)23-3)25-7-12(18)20/h5-6,8,13H,7H2,1-4H3,(H2,18,20)(H,19,21)/t13-/m0/s1. The van der Waals surface area contributed by atoms with Crippen molar-refractivity contribution in [3.8, 4) is 11.5 Å². The Morgan fingerprint density at radius 1 is 1.24 bits per heavy atom. The summed E-state index contributed by atoms with van der Waals surface area (Å²) in [6.45, 7) is 3.16. The van der Waals surface area contributed by atoms with E-state index in [2.05, 4.69) is 10.1 Å². The Hall–Kier alpha value is -2.48. The molecular formula is C16H21ClN2O6. The first-order chi connectivity index (χ1) is 11.7. The van der Waals surface area contributed by atoms with Crippen LogP contribution in [0.5, 0.6) is 11.5 Å². The lowest BCUT2D eigenvalue weighted by molar-refractivity contribution is -0.144. The van der Waals surface area contributed by atoms with Crippen molar-refractivity contribution in [1.29, 1.82) is 0 Å². The summed E-state index contributed by atoms with van der Waals surface area (Å²) in [7, 11) is 2.60. The van der Waals surface area contributed by atoms with E-state index in [-0.39, 0.29) is 34.6 Å². The topological polar surface area (TPSA) is 117 Å². The predicted molar refractivity (Wildman–Crippen MR) is 90.8 cm³/mol. The molecule has 9 heteroatoms. The number of halogens is 1. The molecule has 0 radical (unpaired) electrons. The maximum atomic E-state index is 12.4. The van der Waals surface area contributed by atoms with E-state index in [0.29, 0.717) is 0 Å². The highest BCUT2D eigenvalue weighted by molar-refractivity contribution is 6.32. The fourth-order valence-electron chi connectivity index (χ4n) is 1.98. The Bertz CT molecular complexity index is 662. The van der Waals surface area contributed by atoms with Gasteiger partial charge in [-0.2, -0.15) is 0 Å². The van der Waals surface area contributed by atoms with Crippen LogP contribution in [-0.4, -0.2) is 44.7 Å². The Morgan fingerprint density at radius 2 is 1.88 bits per heavy atom. The molecule has 1 aromatic rings. The summed E-state index contributed by atoms with van der Waals surface area (Å²) in [5.74, 6) is -1.70. The molecule has 25 heavy (non-hydrogen) atoms. The van der Waals surface area contributed by atoms with E-state index in [1.807, 2.05) is 0 Å². The minimum atomic E-state index is -0.812. The molecule has 1 aromatic carbocycles. The molecule has 0 unspecified atom stereocenters. The zero-order valence-electron chi connectivity index (χ0n) is 14.4. The molecule has 0 saturated carbocycles. The Labute approximate surface area is 150 Å². The van der Waals surface area contributed by atoms with E-state index < -0.39 is 23.8 Å². The van der Waals surface area contributed by atoms with Crippen LogP contribution in [0.1, 0.15) is 24.2 Å². The van der Waals surface area contributed by atoms with E-state index in [1.54, 1.807) is 13.8 Å². The van der Waals surface area contributed by atoms with Gasteiger partial charge in [-0.05, 0) is 18.1 Å². The van der Waals surface area contributed by atoms with Gasteiger partial charge in [0.05, 0.1) is 19.2 Å². The molecule has 0 aliphatic heterocycles. The third kappa shape index (κ3) is 5.53. The molecule has 2 amide bonds. The zero-order chi connectivity index (χ0) is 19.1. The van der Waals surface area contributed by atoms with Crippen molar-refractivity contribution in [1.82, 2.24) is 5.32 Å². The van der Waals surface area contributed by atoms with Gasteiger partial charge >= 0.3 is 5.97 Å². The molecule has 3 N–H and O–H groups in total. The SMILES string of the molecule is COC(=O)[C@@H](NC(=O)c1cc(Cl)c(OCC(N)=O)c(OC)c1)C(C)C. The van der Waals surface area contributed by atoms with Crippen LogP contribution < -0.4 is 20.5 Å². The molecule has 0 spiro atoms. The normalized spacial score (nSPS) is 11.6. The summed E-state index contributed by atoms with van der Waals surface area (Å²) in [5.41, 5.74) is 5.18. The van der Waals surface area contributed by atoms with Crippen molar-refractivity contribution >= 4 is 29.4 Å². The van der Waals surface area contributed by atoms with Gasteiger partial charge in [0.15, 0.2) is 18.1 Å². The van der Waals surface area contributed by atoms with Gasteiger partial charge in [-0.15, -0.1) is 0 Å². The number of hydrogen-bond acceptors (Lipinski definition) is 6. The quantitative estimate of drug-likeness (QED) is 0.661. The number of nitrogens with one attached hydrogen (secondary N) is 1. The summed E-state index contributed by atoms with van der Waals surface area (Å²) < 4.78 is 15.0. The number of methoxy groups -OCH3 is 2. The minimum Gasteiger partial charge on any atom is -0.493 e. The average molecular weight is 373 g/mol. The number of benzene rings is 1. The Balaban J connectivity index is 3.08. The molecular weight excluding hydrogens is 352 g/mol. The Kier molecular flexibility index (Phi) is 7.50. The largest absolute Gasteiger partial charge is 0.493 e. The van der Waals surface area contributed by atoms with Crippen LogP contribution in [0, 0.1) is 5.92 Å². The number of ether oxygens (including phenoxy) is 3. The third-order valence-corrected chi connectivity index (χ3v) is 3.54. The number of esters is 1. The fourth-order valence-corrected chi connectivity index (χ4v) is 2.25. The van der Waals surface area contributed by atoms with E-state index in [9.17, 15) is 14.4 Å². The molecule has 0 saturated heterocycles. The molecule has 1 rings (SSSR count). The van der Waals surface area contributed by atoms with Crippen LogP contribution in [-0.2, 0) is 14.3 Å². The first-order valence-corrected chi connectivity index (χ1v) is 7.76. The third-order valence-electron chi connectivity index (χ3n) is 3.26. The molecule has 0 fully saturated rings. The van der Waals surface area contributed by atoms with Gasteiger partial charge in [0.2, 0.25) is 0 Å². The summed E-state index contributed by atoms with van der Waals surface area (Å²) in [5, 5.41) is 2.65. The van der Waals surface area contributed by atoms with E-state index in [4.69, 9.17) is 26.8 Å². The molecule has 138 valence electrons. The highest BCUT2D eigenvalue weighted by Gasteiger charge is 2.26. The van der Waals surface area contributed by atoms with Crippen molar-refractivity contribution in [2.75, 3.05) is 20.8 Å². The lowest BCUT2D eigenvalue weighted by Gasteiger charge is -2.20. The van der Waals surface area contributed by atoms with Crippen LogP contribution >= 0.6 is 11.6 Å². The zero-order valence-corrected chi connectivity index (χ0v) is 15.2. The van der Waals surface area contributed by atoms with Crippen LogP contribution in [0.4, 0.5) is 0 Å². The predicted octanol–water partition coefficient (Wildman–Crippen LogP) is 1.14. The van der Waals surface area contributed by atoms with Crippen molar-refractivity contribution in [2.24, 2.45) is 11.7 Å². The van der Waals surface area contributed by atoms with Crippen LogP contribution in [0.3, 0.4) is 0 Å². The van der Waals surface area contributed by atoms with Gasteiger partial charge in [-0.1, -0.05) is 25.4 Å². The van der Waals surface area contributed by atoms with Gasteiger partial charge in [-0.3, -0.25) is 9.59 Å². The molecule has 1 atom stereocenters. The number of carbonyl (C=O) groups is 3. The van der Waals surface area contributed by atoms with E-state index in [1.165, 1.54) is 26.4 Å². The monoisotopic (exact) mass is 372 g/mol. The number of carbonyl (C=O) groups excluding carboxylic acids is 3. The summed E-state index contributed by atoms with van der Waals surface area (Å²) in [4.78, 5) is 35.0. The van der Waals surface area contributed by atoms with Crippen molar-refractivity contribution in [3.63, 3.8) is 0 Å². The molecule has 8 nitrogen and oxygen atoms in total. The molecule has 0 aliphatic rings. The number of amides is 2. The van der Waals surface area contributed by atoms with Gasteiger partial charge in [0.25, 0.3) is 11.8 Å². The lowest BCUT2D eigenvalue weighted by Crippen LogP contribution is -2.45. The second kappa shape index (κ2) is 9.12. The smallest absolute Gasteiger partial charge is 0.328 e. The summed E-state index contributed by atoms with van der Waals surface area (Å²) >= 11 is 6.10. The summed E-state index contributed by atoms with van der Waals surface area (Å²) in [6.07, 6.45) is 0. The van der Waals surface area contributed by atoms with Crippen molar-refractivity contribution in [3.05, 3.63) is 22.7 Å². The average Bonchev–Trinajstić information content (AvgIpc) is 2.56. The van der Waals surface area contributed by atoms with E-state index >= 15 is 0 Å². The molecule has 0 bridgehead atoms. The number of rotatable bonds is 8. The number of primary amides is 1. The highest BCUT2D eigenvalue weighted by Crippen LogP contribution is 2.36. The highest BCUT2D eigenvalue weighted by atomic mass is 35.5. The molecule has 0 heterocycles.